The van der Waals surface area contributed by atoms with Gasteiger partial charge in [-0.1, -0.05) is 44.0 Å². The molecular weight excluding hydrogens is 408 g/mol. The van der Waals surface area contributed by atoms with E-state index in [9.17, 15) is 13.2 Å². The van der Waals surface area contributed by atoms with Crippen molar-refractivity contribution >= 4 is 15.9 Å². The molecule has 1 amide bonds. The van der Waals surface area contributed by atoms with Gasteiger partial charge in [0, 0.05) is 18.7 Å². The van der Waals surface area contributed by atoms with Crippen molar-refractivity contribution in [2.45, 2.75) is 70.7 Å². The van der Waals surface area contributed by atoms with Crippen LogP contribution in [0.1, 0.15) is 77.7 Å². The minimum absolute atomic E-state index is 0.128. The fourth-order valence-electron chi connectivity index (χ4n) is 4.08. The molecule has 1 N–H and O–H groups in total. The average molecular weight is 443 g/mol. The fourth-order valence-corrected chi connectivity index (χ4v) is 5.62. The molecule has 1 aliphatic rings. The van der Waals surface area contributed by atoms with Crippen LogP contribution in [0.25, 0.3) is 0 Å². The molecule has 31 heavy (non-hydrogen) atoms. The molecule has 0 aromatic heterocycles. The summed E-state index contributed by atoms with van der Waals surface area (Å²) in [4.78, 5) is 13.3. The first-order valence-electron chi connectivity index (χ1n) is 11.2. The molecule has 3 rings (SSSR count). The maximum atomic E-state index is 13.2. The first-order valence-corrected chi connectivity index (χ1v) is 12.7. The summed E-state index contributed by atoms with van der Waals surface area (Å²) in [5, 5.41) is 3.11. The van der Waals surface area contributed by atoms with Crippen LogP contribution < -0.4 is 5.32 Å². The molecule has 168 valence electrons. The predicted molar refractivity (Wildman–Crippen MR) is 125 cm³/mol. The van der Waals surface area contributed by atoms with Crippen LogP contribution in [0.4, 0.5) is 0 Å². The minimum atomic E-state index is -3.60. The Morgan fingerprint density at radius 1 is 0.935 bits per heavy atom. The number of nitrogens with zero attached hydrogens (tertiary/aromatic N) is 1. The molecule has 0 aliphatic carbocycles. The molecule has 0 saturated carbocycles. The van der Waals surface area contributed by atoms with Crippen molar-refractivity contribution in [1.82, 2.24) is 9.62 Å². The highest BCUT2D eigenvalue weighted by molar-refractivity contribution is 7.89. The summed E-state index contributed by atoms with van der Waals surface area (Å²) in [5.41, 5.74) is 4.64. The summed E-state index contributed by atoms with van der Waals surface area (Å²) in [7, 11) is -3.60. The van der Waals surface area contributed by atoms with Gasteiger partial charge in [0.2, 0.25) is 10.0 Å². The van der Waals surface area contributed by atoms with E-state index in [0.29, 0.717) is 18.7 Å². The molecule has 0 bridgehead atoms. The van der Waals surface area contributed by atoms with Crippen molar-refractivity contribution in [3.63, 3.8) is 0 Å². The maximum Gasteiger partial charge on any atom is 0.252 e. The third kappa shape index (κ3) is 5.36. The number of aryl methyl sites for hydroxylation is 3. The molecule has 1 saturated heterocycles. The topological polar surface area (TPSA) is 66.5 Å². The Bertz CT molecular complexity index is 1040. The van der Waals surface area contributed by atoms with Gasteiger partial charge in [0.05, 0.1) is 10.9 Å². The molecule has 0 radical (unpaired) electrons. The molecule has 5 nitrogen and oxygen atoms in total. The lowest BCUT2D eigenvalue weighted by Gasteiger charge is -2.22. The van der Waals surface area contributed by atoms with Gasteiger partial charge in [0.25, 0.3) is 5.91 Å². The first-order chi connectivity index (χ1) is 14.7. The normalized spacial score (nSPS) is 16.5. The molecule has 2 aromatic carbocycles. The molecule has 6 heteroatoms. The predicted octanol–water partition coefficient (Wildman–Crippen LogP) is 5.06. The van der Waals surface area contributed by atoms with Crippen LogP contribution in [-0.4, -0.2) is 31.7 Å². The van der Waals surface area contributed by atoms with E-state index in [-0.39, 0.29) is 16.8 Å². The van der Waals surface area contributed by atoms with Gasteiger partial charge in [-0.25, -0.2) is 8.42 Å². The second-order valence-electron chi connectivity index (χ2n) is 8.57. The van der Waals surface area contributed by atoms with Gasteiger partial charge in [-0.15, -0.1) is 0 Å². The lowest BCUT2D eigenvalue weighted by atomic mass is 9.99. The van der Waals surface area contributed by atoms with E-state index in [1.54, 1.807) is 16.4 Å². The van der Waals surface area contributed by atoms with Crippen LogP contribution in [0.5, 0.6) is 0 Å². The zero-order chi connectivity index (χ0) is 22.6. The molecule has 1 aliphatic heterocycles. The van der Waals surface area contributed by atoms with Crippen molar-refractivity contribution in [2.24, 2.45) is 0 Å². The second-order valence-corrected chi connectivity index (χ2v) is 10.5. The lowest BCUT2D eigenvalue weighted by molar-refractivity contribution is 0.0934. The highest BCUT2D eigenvalue weighted by Crippen LogP contribution is 2.24. The molecule has 2 aromatic rings. The number of nitrogens with one attached hydrogen (secondary N) is 1. The van der Waals surface area contributed by atoms with Gasteiger partial charge in [-0.05, 0) is 74.4 Å². The Labute approximate surface area is 186 Å². The summed E-state index contributed by atoms with van der Waals surface area (Å²) in [6.45, 7) is 9.10. The number of amides is 1. The van der Waals surface area contributed by atoms with E-state index in [0.717, 1.165) is 43.2 Å². The summed E-state index contributed by atoms with van der Waals surface area (Å²) < 4.78 is 27.9. The SMILES string of the molecule is CC[C@H](NC(=O)c1cc(S(=O)(=O)N2CCCCCC2)ccc1C)c1ccc(C)c(C)c1. The zero-order valence-electron chi connectivity index (χ0n) is 19.1. The Kier molecular flexibility index (Phi) is 7.55. The third-order valence-electron chi connectivity index (χ3n) is 6.30. The smallest absolute Gasteiger partial charge is 0.252 e. The Balaban J connectivity index is 1.86. The van der Waals surface area contributed by atoms with Crippen molar-refractivity contribution in [3.05, 3.63) is 64.2 Å². The number of carbonyl (C=O) groups excluding carboxylic acids is 1. The summed E-state index contributed by atoms with van der Waals surface area (Å²) in [6, 6.07) is 11.0. The lowest BCUT2D eigenvalue weighted by Crippen LogP contribution is -2.32. The number of sulfonamides is 1. The van der Waals surface area contributed by atoms with Crippen LogP contribution in [0, 0.1) is 20.8 Å². The molecule has 0 spiro atoms. The van der Waals surface area contributed by atoms with Gasteiger partial charge < -0.3 is 5.32 Å². The highest BCUT2D eigenvalue weighted by Gasteiger charge is 2.27. The van der Waals surface area contributed by atoms with E-state index in [4.69, 9.17) is 0 Å². The largest absolute Gasteiger partial charge is 0.345 e. The van der Waals surface area contributed by atoms with Crippen LogP contribution in [0.15, 0.2) is 41.3 Å². The number of hydrogen-bond acceptors (Lipinski definition) is 3. The summed E-state index contributed by atoms with van der Waals surface area (Å²) in [5.74, 6) is -0.240. The van der Waals surface area contributed by atoms with Gasteiger partial charge in [-0.3, -0.25) is 4.79 Å². The van der Waals surface area contributed by atoms with E-state index < -0.39 is 10.0 Å². The first kappa shape index (κ1) is 23.5. The van der Waals surface area contributed by atoms with E-state index in [1.165, 1.54) is 17.2 Å². The van der Waals surface area contributed by atoms with Gasteiger partial charge >= 0.3 is 0 Å². The average Bonchev–Trinajstić information content (AvgIpc) is 3.04. The maximum absolute atomic E-state index is 13.2. The molecule has 1 fully saturated rings. The van der Waals surface area contributed by atoms with Gasteiger partial charge in [-0.2, -0.15) is 4.31 Å². The van der Waals surface area contributed by atoms with Crippen LogP contribution in [0.2, 0.25) is 0 Å². The quantitative estimate of drug-likeness (QED) is 0.680. The van der Waals surface area contributed by atoms with Crippen LogP contribution in [0.3, 0.4) is 0 Å². The Morgan fingerprint density at radius 2 is 1.58 bits per heavy atom. The number of rotatable bonds is 6. The highest BCUT2D eigenvalue weighted by atomic mass is 32.2. The third-order valence-corrected chi connectivity index (χ3v) is 8.20. The van der Waals surface area contributed by atoms with Crippen molar-refractivity contribution in [3.8, 4) is 0 Å². The molecule has 1 heterocycles. The molecule has 1 atom stereocenters. The molecule has 0 unspecified atom stereocenters. The van der Waals surface area contributed by atoms with E-state index >= 15 is 0 Å². The van der Waals surface area contributed by atoms with Gasteiger partial charge in [0.1, 0.15) is 0 Å². The number of hydrogen-bond donors (Lipinski definition) is 1. The minimum Gasteiger partial charge on any atom is -0.345 e. The summed E-state index contributed by atoms with van der Waals surface area (Å²) in [6.07, 6.45) is 4.63. The van der Waals surface area contributed by atoms with Crippen molar-refractivity contribution in [2.75, 3.05) is 13.1 Å². The number of benzene rings is 2. The van der Waals surface area contributed by atoms with Crippen LogP contribution >= 0.6 is 0 Å². The Hall–Kier alpha value is -2.18. The van der Waals surface area contributed by atoms with Crippen LogP contribution in [-0.2, 0) is 10.0 Å². The Morgan fingerprint density at radius 3 is 2.19 bits per heavy atom. The van der Waals surface area contributed by atoms with E-state index in [2.05, 4.69) is 31.3 Å². The van der Waals surface area contributed by atoms with Gasteiger partial charge in [0.15, 0.2) is 0 Å². The molecular formula is C25H34N2O3S. The standard InChI is InChI=1S/C25H34N2O3S/c1-5-24(21-12-10-18(2)20(4)16-21)26-25(28)23-17-22(13-11-19(23)3)31(29,30)27-14-8-6-7-9-15-27/h10-13,16-17,24H,5-9,14-15H2,1-4H3,(H,26,28)/t24-/m0/s1. The fraction of sp³-hybridized carbons (Fsp3) is 0.480. The number of carbonyl (C=O) groups is 1. The monoisotopic (exact) mass is 442 g/mol. The van der Waals surface area contributed by atoms with Crippen molar-refractivity contribution < 1.29 is 13.2 Å². The second kappa shape index (κ2) is 9.96. The van der Waals surface area contributed by atoms with Crippen molar-refractivity contribution in [1.29, 1.82) is 0 Å². The summed E-state index contributed by atoms with van der Waals surface area (Å²) >= 11 is 0. The van der Waals surface area contributed by atoms with E-state index in [1.807, 2.05) is 19.9 Å². The zero-order valence-corrected chi connectivity index (χ0v) is 19.9.